The summed E-state index contributed by atoms with van der Waals surface area (Å²) in [5, 5.41) is 3.62. The van der Waals surface area contributed by atoms with E-state index in [1.165, 1.54) is 19.3 Å². The standard InChI is InChI=1S/C15H26N4/c1-5-7-12-10-15(17-11(2)16-12)18-13-8-6-9-14(13)19(3)4/h10,13-14H,5-9H2,1-4H3,(H,16,17,18)/t13-,14-/m1/s1. The highest BCUT2D eigenvalue weighted by Crippen LogP contribution is 2.25. The molecule has 0 saturated heterocycles. The summed E-state index contributed by atoms with van der Waals surface area (Å²) in [4.78, 5) is 11.3. The number of hydrogen-bond donors (Lipinski definition) is 1. The van der Waals surface area contributed by atoms with Gasteiger partial charge in [-0.15, -0.1) is 0 Å². The number of aryl methyl sites for hydroxylation is 2. The molecule has 0 radical (unpaired) electrons. The first-order chi connectivity index (χ1) is 9.10. The van der Waals surface area contributed by atoms with Crippen LogP contribution < -0.4 is 5.32 Å². The molecule has 4 nitrogen and oxygen atoms in total. The van der Waals surface area contributed by atoms with Gasteiger partial charge < -0.3 is 10.2 Å². The molecule has 1 aromatic rings. The van der Waals surface area contributed by atoms with E-state index in [1.807, 2.05) is 6.92 Å². The highest BCUT2D eigenvalue weighted by atomic mass is 15.2. The van der Waals surface area contributed by atoms with Crippen LogP contribution in [0.4, 0.5) is 5.82 Å². The third kappa shape index (κ3) is 3.66. The lowest BCUT2D eigenvalue weighted by Crippen LogP contribution is -2.39. The van der Waals surface area contributed by atoms with Crippen molar-refractivity contribution >= 4 is 5.82 Å². The van der Waals surface area contributed by atoms with E-state index in [-0.39, 0.29) is 0 Å². The second kappa shape index (κ2) is 6.33. The van der Waals surface area contributed by atoms with Crippen LogP contribution in [-0.2, 0) is 6.42 Å². The second-order valence-corrected chi connectivity index (χ2v) is 5.75. The predicted molar refractivity (Wildman–Crippen MR) is 79.5 cm³/mol. The van der Waals surface area contributed by atoms with Crippen LogP contribution in [0.2, 0.25) is 0 Å². The van der Waals surface area contributed by atoms with E-state index in [0.717, 1.165) is 30.2 Å². The van der Waals surface area contributed by atoms with Crippen molar-refractivity contribution < 1.29 is 0 Å². The predicted octanol–water partition coefficient (Wildman–Crippen LogP) is 2.63. The molecule has 1 saturated carbocycles. The van der Waals surface area contributed by atoms with Gasteiger partial charge in [0.05, 0.1) is 0 Å². The molecule has 4 heteroatoms. The molecular formula is C15H26N4. The van der Waals surface area contributed by atoms with Crippen molar-refractivity contribution in [3.05, 3.63) is 17.6 Å². The summed E-state index contributed by atoms with van der Waals surface area (Å²) < 4.78 is 0. The fourth-order valence-corrected chi connectivity index (χ4v) is 3.00. The van der Waals surface area contributed by atoms with E-state index < -0.39 is 0 Å². The van der Waals surface area contributed by atoms with E-state index in [4.69, 9.17) is 0 Å². The molecule has 1 aliphatic rings. The van der Waals surface area contributed by atoms with Crippen molar-refractivity contribution in [2.45, 2.75) is 58.0 Å². The Morgan fingerprint density at radius 1 is 1.32 bits per heavy atom. The average molecular weight is 262 g/mol. The van der Waals surface area contributed by atoms with Crippen molar-refractivity contribution in [3.8, 4) is 0 Å². The summed E-state index contributed by atoms with van der Waals surface area (Å²) in [7, 11) is 4.33. The van der Waals surface area contributed by atoms with Crippen LogP contribution in [0, 0.1) is 6.92 Å². The van der Waals surface area contributed by atoms with Gasteiger partial charge in [-0.1, -0.05) is 13.3 Å². The normalized spacial score (nSPS) is 23.0. The summed E-state index contributed by atoms with van der Waals surface area (Å²) in [5.74, 6) is 1.86. The monoisotopic (exact) mass is 262 g/mol. The first kappa shape index (κ1) is 14.3. The molecule has 0 aromatic carbocycles. The molecule has 0 spiro atoms. The van der Waals surface area contributed by atoms with Crippen molar-refractivity contribution in [3.63, 3.8) is 0 Å². The van der Waals surface area contributed by atoms with Crippen LogP contribution in [0.25, 0.3) is 0 Å². The van der Waals surface area contributed by atoms with Crippen LogP contribution >= 0.6 is 0 Å². The molecular weight excluding hydrogens is 236 g/mol. The molecule has 0 bridgehead atoms. The number of likely N-dealkylation sites (N-methyl/N-ethyl adjacent to an activating group) is 1. The van der Waals surface area contributed by atoms with Crippen molar-refractivity contribution in [1.82, 2.24) is 14.9 Å². The van der Waals surface area contributed by atoms with Crippen LogP contribution in [0.15, 0.2) is 6.07 Å². The molecule has 1 fully saturated rings. The van der Waals surface area contributed by atoms with Crippen LogP contribution in [0.1, 0.15) is 44.1 Å². The maximum Gasteiger partial charge on any atom is 0.130 e. The SMILES string of the molecule is CCCc1cc(N[C@@H]2CCC[C@H]2N(C)C)nc(C)n1. The summed E-state index contributed by atoms with van der Waals surface area (Å²) in [6.07, 6.45) is 5.96. The van der Waals surface area contributed by atoms with E-state index in [2.05, 4.69) is 47.3 Å². The molecule has 19 heavy (non-hydrogen) atoms. The Balaban J connectivity index is 2.09. The average Bonchev–Trinajstić information content (AvgIpc) is 2.76. The smallest absolute Gasteiger partial charge is 0.130 e. The topological polar surface area (TPSA) is 41.0 Å². The third-order valence-corrected chi connectivity index (χ3v) is 3.87. The minimum atomic E-state index is 0.513. The van der Waals surface area contributed by atoms with Crippen molar-refractivity contribution in [2.75, 3.05) is 19.4 Å². The van der Waals surface area contributed by atoms with Gasteiger partial charge in [-0.2, -0.15) is 0 Å². The number of hydrogen-bond acceptors (Lipinski definition) is 4. The van der Waals surface area contributed by atoms with Crippen LogP contribution in [0.5, 0.6) is 0 Å². The van der Waals surface area contributed by atoms with Crippen LogP contribution in [0.3, 0.4) is 0 Å². The number of anilines is 1. The quantitative estimate of drug-likeness (QED) is 0.885. The van der Waals surface area contributed by atoms with Crippen molar-refractivity contribution in [2.24, 2.45) is 0 Å². The number of aromatic nitrogens is 2. The highest BCUT2D eigenvalue weighted by molar-refractivity contribution is 5.38. The summed E-state index contributed by atoms with van der Waals surface area (Å²) >= 11 is 0. The van der Waals surface area contributed by atoms with E-state index >= 15 is 0 Å². The minimum Gasteiger partial charge on any atom is -0.366 e. The molecule has 1 aromatic heterocycles. The first-order valence-corrected chi connectivity index (χ1v) is 7.37. The molecule has 1 heterocycles. The Hall–Kier alpha value is -1.16. The summed E-state index contributed by atoms with van der Waals surface area (Å²) in [6, 6.07) is 3.24. The Morgan fingerprint density at radius 3 is 2.79 bits per heavy atom. The van der Waals surface area contributed by atoms with Gasteiger partial charge in [0.15, 0.2) is 0 Å². The molecule has 0 unspecified atom stereocenters. The van der Waals surface area contributed by atoms with Gasteiger partial charge in [-0.05, 0) is 46.7 Å². The maximum absolute atomic E-state index is 4.53. The zero-order valence-corrected chi connectivity index (χ0v) is 12.6. The lowest BCUT2D eigenvalue weighted by molar-refractivity contribution is 0.285. The summed E-state index contributed by atoms with van der Waals surface area (Å²) in [6.45, 7) is 4.16. The minimum absolute atomic E-state index is 0.513. The largest absolute Gasteiger partial charge is 0.366 e. The lowest BCUT2D eigenvalue weighted by Gasteiger charge is -2.27. The second-order valence-electron chi connectivity index (χ2n) is 5.75. The van der Waals surface area contributed by atoms with Crippen LogP contribution in [-0.4, -0.2) is 41.0 Å². The fraction of sp³-hybridized carbons (Fsp3) is 0.733. The molecule has 2 rings (SSSR count). The molecule has 1 N–H and O–H groups in total. The number of rotatable bonds is 5. The van der Waals surface area contributed by atoms with Gasteiger partial charge in [0.1, 0.15) is 11.6 Å². The molecule has 1 aliphatic carbocycles. The molecule has 2 atom stereocenters. The van der Waals surface area contributed by atoms with Gasteiger partial charge in [0, 0.05) is 23.8 Å². The van der Waals surface area contributed by atoms with Gasteiger partial charge in [0.25, 0.3) is 0 Å². The van der Waals surface area contributed by atoms with E-state index in [0.29, 0.717) is 12.1 Å². The third-order valence-electron chi connectivity index (χ3n) is 3.87. The Morgan fingerprint density at radius 2 is 2.11 bits per heavy atom. The van der Waals surface area contributed by atoms with Gasteiger partial charge in [-0.25, -0.2) is 9.97 Å². The number of nitrogens with zero attached hydrogens (tertiary/aromatic N) is 3. The number of nitrogens with one attached hydrogen (secondary N) is 1. The van der Waals surface area contributed by atoms with Crippen molar-refractivity contribution in [1.29, 1.82) is 0 Å². The lowest BCUT2D eigenvalue weighted by atomic mass is 10.1. The molecule has 0 amide bonds. The van der Waals surface area contributed by atoms with E-state index in [1.54, 1.807) is 0 Å². The maximum atomic E-state index is 4.53. The Bertz CT molecular complexity index is 417. The highest BCUT2D eigenvalue weighted by Gasteiger charge is 2.28. The molecule has 0 aliphatic heterocycles. The van der Waals surface area contributed by atoms with E-state index in [9.17, 15) is 0 Å². The Labute approximate surface area is 116 Å². The Kier molecular flexibility index (Phi) is 4.75. The fourth-order valence-electron chi connectivity index (χ4n) is 3.00. The van der Waals surface area contributed by atoms with Gasteiger partial charge in [0.2, 0.25) is 0 Å². The molecule has 106 valence electrons. The first-order valence-electron chi connectivity index (χ1n) is 7.37. The zero-order valence-electron chi connectivity index (χ0n) is 12.6. The zero-order chi connectivity index (χ0) is 13.8. The van der Waals surface area contributed by atoms with Gasteiger partial charge in [-0.3, -0.25) is 0 Å². The van der Waals surface area contributed by atoms with Gasteiger partial charge >= 0.3 is 0 Å². The summed E-state index contributed by atoms with van der Waals surface area (Å²) in [5.41, 5.74) is 1.15.